The molecule has 0 amide bonds. The third kappa shape index (κ3) is 3.05. The van der Waals surface area contributed by atoms with Crippen LogP contribution in [0.25, 0.3) is 16.9 Å². The third-order valence-electron chi connectivity index (χ3n) is 4.55. The fourth-order valence-corrected chi connectivity index (χ4v) is 3.06. The Hall–Kier alpha value is -3.12. The molecule has 4 rings (SSSR count). The molecule has 2 aromatic heterocycles. The molecule has 0 saturated carbocycles. The quantitative estimate of drug-likeness (QED) is 0.417. The van der Waals surface area contributed by atoms with Gasteiger partial charge in [-0.2, -0.15) is 0 Å². The molecule has 0 unspecified atom stereocenters. The molecular weight excluding hydrogens is 370 g/mol. The molecule has 1 aliphatic heterocycles. The Balaban J connectivity index is 1.74. The maximum Gasteiger partial charge on any atom is 0.330 e. The fourth-order valence-electron chi connectivity index (χ4n) is 3.06. The van der Waals surface area contributed by atoms with Crippen molar-refractivity contribution in [1.29, 1.82) is 0 Å². The minimum atomic E-state index is -1.47. The molecule has 4 atom stereocenters. The molecular formula is C17H17N5O6. The van der Waals surface area contributed by atoms with E-state index in [1.54, 1.807) is 0 Å². The molecule has 3 aromatic rings. The lowest BCUT2D eigenvalue weighted by molar-refractivity contribution is -0.0550. The first kappa shape index (κ1) is 18.3. The molecule has 0 spiro atoms. The maximum atomic E-state index is 12.3. The SMILES string of the molecule is O=c1[nH]c(=O)n([C@@H]2O[C@H](CO)[C@@H](O)[C@H]2O)cc1-n1cc(-c2ccccc2)nn1. The number of ether oxygens (including phenoxy) is 1. The number of nitrogens with zero attached hydrogens (tertiary/aromatic N) is 4. The van der Waals surface area contributed by atoms with Crippen molar-refractivity contribution in [2.75, 3.05) is 6.61 Å². The van der Waals surface area contributed by atoms with Gasteiger partial charge in [0.05, 0.1) is 12.8 Å². The van der Waals surface area contributed by atoms with E-state index in [0.717, 1.165) is 16.3 Å². The number of aliphatic hydroxyl groups is 3. The van der Waals surface area contributed by atoms with Crippen molar-refractivity contribution in [2.24, 2.45) is 0 Å². The van der Waals surface area contributed by atoms with Crippen molar-refractivity contribution in [3.05, 3.63) is 63.6 Å². The number of rotatable bonds is 4. The number of hydrogen-bond acceptors (Lipinski definition) is 8. The number of nitrogens with one attached hydrogen (secondary N) is 1. The molecule has 11 nitrogen and oxygen atoms in total. The summed E-state index contributed by atoms with van der Waals surface area (Å²) in [4.78, 5) is 26.6. The van der Waals surface area contributed by atoms with Gasteiger partial charge in [0.15, 0.2) is 6.23 Å². The van der Waals surface area contributed by atoms with E-state index in [9.17, 15) is 24.9 Å². The van der Waals surface area contributed by atoms with Crippen LogP contribution in [-0.2, 0) is 4.74 Å². The molecule has 4 N–H and O–H groups in total. The zero-order chi connectivity index (χ0) is 19.8. The summed E-state index contributed by atoms with van der Waals surface area (Å²) in [6, 6.07) is 9.19. The number of aromatic amines is 1. The molecule has 1 aliphatic rings. The molecule has 0 bridgehead atoms. The molecule has 1 aromatic carbocycles. The second kappa shape index (κ2) is 7.13. The Morgan fingerprint density at radius 3 is 2.54 bits per heavy atom. The van der Waals surface area contributed by atoms with Crippen molar-refractivity contribution in [3.63, 3.8) is 0 Å². The van der Waals surface area contributed by atoms with Crippen molar-refractivity contribution < 1.29 is 20.1 Å². The van der Waals surface area contributed by atoms with Gasteiger partial charge in [-0.05, 0) is 0 Å². The lowest BCUT2D eigenvalue weighted by atomic mass is 10.1. The third-order valence-corrected chi connectivity index (χ3v) is 4.55. The molecule has 28 heavy (non-hydrogen) atoms. The summed E-state index contributed by atoms with van der Waals surface area (Å²) in [5, 5.41) is 37.2. The van der Waals surface area contributed by atoms with E-state index in [-0.39, 0.29) is 5.69 Å². The van der Waals surface area contributed by atoms with Crippen LogP contribution in [0.2, 0.25) is 0 Å². The topological polar surface area (TPSA) is 155 Å². The van der Waals surface area contributed by atoms with E-state index in [0.29, 0.717) is 5.69 Å². The van der Waals surface area contributed by atoms with Gasteiger partial charge < -0.3 is 20.1 Å². The maximum absolute atomic E-state index is 12.3. The summed E-state index contributed by atoms with van der Waals surface area (Å²) in [6.45, 7) is -0.538. The zero-order valence-corrected chi connectivity index (χ0v) is 14.4. The first-order valence-corrected chi connectivity index (χ1v) is 8.45. The Bertz CT molecular complexity index is 1090. The van der Waals surface area contributed by atoms with Crippen molar-refractivity contribution in [3.8, 4) is 16.9 Å². The predicted octanol–water partition coefficient (Wildman–Crippen LogP) is -1.60. The highest BCUT2D eigenvalue weighted by Crippen LogP contribution is 2.28. The molecule has 0 radical (unpaired) electrons. The van der Waals surface area contributed by atoms with Gasteiger partial charge in [-0.1, -0.05) is 35.5 Å². The van der Waals surface area contributed by atoms with Crippen LogP contribution in [0.3, 0.4) is 0 Å². The van der Waals surface area contributed by atoms with Gasteiger partial charge in [0.2, 0.25) is 0 Å². The normalized spacial score (nSPS) is 24.5. The average molecular weight is 387 g/mol. The average Bonchev–Trinajstić information content (AvgIpc) is 3.29. The minimum Gasteiger partial charge on any atom is -0.394 e. The van der Waals surface area contributed by atoms with Crippen LogP contribution in [0.15, 0.2) is 52.3 Å². The number of benzene rings is 1. The lowest BCUT2D eigenvalue weighted by Crippen LogP contribution is -2.39. The Morgan fingerprint density at radius 1 is 1.11 bits per heavy atom. The molecule has 11 heteroatoms. The van der Waals surface area contributed by atoms with Crippen LogP contribution >= 0.6 is 0 Å². The summed E-state index contributed by atoms with van der Waals surface area (Å²) in [5.74, 6) is 0. The lowest BCUT2D eigenvalue weighted by Gasteiger charge is -2.17. The second-order valence-electron chi connectivity index (χ2n) is 6.32. The minimum absolute atomic E-state index is 0.0352. The van der Waals surface area contributed by atoms with Gasteiger partial charge in [-0.15, -0.1) is 5.10 Å². The van der Waals surface area contributed by atoms with Crippen LogP contribution in [0.5, 0.6) is 0 Å². The summed E-state index contributed by atoms with van der Waals surface area (Å²) >= 11 is 0. The summed E-state index contributed by atoms with van der Waals surface area (Å²) < 4.78 is 7.48. The van der Waals surface area contributed by atoms with Crippen LogP contribution < -0.4 is 11.2 Å². The van der Waals surface area contributed by atoms with E-state index < -0.39 is 42.4 Å². The number of hydrogen-bond donors (Lipinski definition) is 4. The second-order valence-corrected chi connectivity index (χ2v) is 6.32. The van der Waals surface area contributed by atoms with Crippen LogP contribution in [-0.4, -0.2) is 64.8 Å². The van der Waals surface area contributed by atoms with Crippen molar-refractivity contribution in [1.82, 2.24) is 24.5 Å². The predicted molar refractivity (Wildman–Crippen MR) is 94.7 cm³/mol. The van der Waals surface area contributed by atoms with E-state index >= 15 is 0 Å². The Labute approximate surface area is 157 Å². The first-order valence-electron chi connectivity index (χ1n) is 8.45. The molecule has 3 heterocycles. The van der Waals surface area contributed by atoms with Crippen molar-refractivity contribution in [2.45, 2.75) is 24.5 Å². The number of aliphatic hydroxyl groups excluding tert-OH is 3. The standard InChI is InChI=1S/C17H17N5O6/c23-8-12-13(24)14(25)16(28-12)21-7-11(15(26)18-17(21)27)22-6-10(19-20-22)9-4-2-1-3-5-9/h1-7,12-14,16,23-25H,8H2,(H,18,26,27)/t12-,13-,14-,16-/m1/s1. The fraction of sp³-hybridized carbons (Fsp3) is 0.294. The highest BCUT2D eigenvalue weighted by atomic mass is 16.6. The van der Waals surface area contributed by atoms with Gasteiger partial charge in [-0.3, -0.25) is 14.3 Å². The van der Waals surface area contributed by atoms with Crippen LogP contribution in [0.4, 0.5) is 0 Å². The van der Waals surface area contributed by atoms with Gasteiger partial charge in [0, 0.05) is 11.8 Å². The zero-order valence-electron chi connectivity index (χ0n) is 14.4. The highest BCUT2D eigenvalue weighted by molar-refractivity contribution is 5.57. The van der Waals surface area contributed by atoms with Gasteiger partial charge in [0.1, 0.15) is 29.7 Å². The Morgan fingerprint density at radius 2 is 1.86 bits per heavy atom. The highest BCUT2D eigenvalue weighted by Gasteiger charge is 2.43. The summed E-state index contributed by atoms with van der Waals surface area (Å²) in [6.07, 6.45) is -2.51. The van der Waals surface area contributed by atoms with Gasteiger partial charge >= 0.3 is 5.69 Å². The number of aromatic nitrogens is 5. The smallest absolute Gasteiger partial charge is 0.330 e. The van der Waals surface area contributed by atoms with Crippen molar-refractivity contribution >= 4 is 0 Å². The first-order chi connectivity index (χ1) is 13.5. The molecule has 0 aliphatic carbocycles. The molecule has 146 valence electrons. The van der Waals surface area contributed by atoms with E-state index in [4.69, 9.17) is 4.74 Å². The van der Waals surface area contributed by atoms with Crippen LogP contribution in [0.1, 0.15) is 6.23 Å². The van der Waals surface area contributed by atoms with Crippen LogP contribution in [0, 0.1) is 0 Å². The van der Waals surface area contributed by atoms with E-state index in [2.05, 4.69) is 15.3 Å². The Kier molecular flexibility index (Phi) is 4.65. The number of H-pyrrole nitrogens is 1. The monoisotopic (exact) mass is 387 g/mol. The summed E-state index contributed by atoms with van der Waals surface area (Å²) in [7, 11) is 0. The van der Waals surface area contributed by atoms with Gasteiger partial charge in [-0.25, -0.2) is 9.48 Å². The van der Waals surface area contributed by atoms with Gasteiger partial charge in [0.25, 0.3) is 5.56 Å². The van der Waals surface area contributed by atoms with E-state index in [1.807, 2.05) is 30.3 Å². The molecule has 1 fully saturated rings. The summed E-state index contributed by atoms with van der Waals surface area (Å²) in [5.41, 5.74) is -0.274. The van der Waals surface area contributed by atoms with E-state index in [1.165, 1.54) is 10.9 Å². The molecule has 1 saturated heterocycles. The largest absolute Gasteiger partial charge is 0.394 e.